The van der Waals surface area contributed by atoms with Crippen LogP contribution in [-0.2, 0) is 36.8 Å². The smallest absolute Gasteiger partial charge is 0.333 e. The average molecular weight is 667 g/mol. The fourth-order valence-electron chi connectivity index (χ4n) is 2.59. The number of carbonyl (C=O) groups excluding carboxylic acids is 2. The second kappa shape index (κ2) is 19.3. The summed E-state index contributed by atoms with van der Waals surface area (Å²) >= 11 is 0. The first-order chi connectivity index (χ1) is 20.0. The third kappa shape index (κ3) is 22.3. The number of rotatable bonds is 20. The number of esters is 1. The lowest BCUT2D eigenvalue weighted by atomic mass is 10.1. The minimum absolute atomic E-state index is 0.0375. The van der Waals surface area contributed by atoms with Crippen LogP contribution in [0.2, 0.25) is 0 Å². The molecule has 0 aliphatic heterocycles. The van der Waals surface area contributed by atoms with Crippen LogP contribution in [0.4, 0.5) is 0 Å². The van der Waals surface area contributed by atoms with E-state index in [1.165, 1.54) is 6.92 Å². The van der Waals surface area contributed by atoms with Crippen LogP contribution in [0.3, 0.4) is 0 Å². The lowest BCUT2D eigenvalue weighted by Gasteiger charge is -2.27. The van der Waals surface area contributed by atoms with E-state index in [2.05, 4.69) is 26.9 Å². The first-order valence-corrected chi connectivity index (χ1v) is 16.5. The lowest BCUT2D eigenvalue weighted by Crippen LogP contribution is -2.37. The minimum Gasteiger partial charge on any atom is -0.756 e. The fourth-order valence-corrected chi connectivity index (χ4v) is 3.95. The lowest BCUT2D eigenvalue weighted by molar-refractivity contribution is -0.870. The van der Waals surface area contributed by atoms with Crippen LogP contribution in [0.15, 0.2) is 48.6 Å². The van der Waals surface area contributed by atoms with Gasteiger partial charge in [0, 0.05) is 11.1 Å². The van der Waals surface area contributed by atoms with E-state index in [1.54, 1.807) is 31.2 Å². The van der Waals surface area contributed by atoms with Gasteiger partial charge in [0.25, 0.3) is 15.6 Å². The summed E-state index contributed by atoms with van der Waals surface area (Å²) < 4.78 is 52.8. The molecule has 1 rings (SSSR count). The molecule has 0 amide bonds. The molecular formula is C28H48N2O12P2. The molecule has 2 atom stereocenters. The number of allylic oxidation sites excluding steroid dienone is 1. The molecule has 44 heavy (non-hydrogen) atoms. The first-order valence-electron chi connectivity index (χ1n) is 13.6. The molecule has 0 saturated heterocycles. The van der Waals surface area contributed by atoms with E-state index in [1.807, 2.05) is 42.3 Å². The maximum absolute atomic E-state index is 11.7. The van der Waals surface area contributed by atoms with E-state index >= 15 is 0 Å². The third-order valence-corrected chi connectivity index (χ3v) is 7.04. The monoisotopic (exact) mass is 666 g/mol. The molecule has 0 saturated carbocycles. The Morgan fingerprint density at radius 3 is 1.48 bits per heavy atom. The number of benzene rings is 1. The Hall–Kier alpha value is -2.22. The zero-order valence-corrected chi connectivity index (χ0v) is 28.9. The summed E-state index contributed by atoms with van der Waals surface area (Å²) in [7, 11) is 2.88. The highest BCUT2D eigenvalue weighted by Gasteiger charge is 2.15. The number of likely N-dealkylation sites (N-methyl/N-ethyl adjacent to an activating group) is 2. The molecule has 2 unspecified atom stereocenters. The summed E-state index contributed by atoms with van der Waals surface area (Å²) in [5.74, 6) is -0.211. The van der Waals surface area contributed by atoms with Crippen molar-refractivity contribution in [3.8, 4) is 5.75 Å². The van der Waals surface area contributed by atoms with Crippen molar-refractivity contribution in [3.63, 3.8) is 0 Å². The van der Waals surface area contributed by atoms with Gasteiger partial charge < -0.3 is 46.3 Å². The normalized spacial score (nSPS) is 14.3. The molecule has 0 aliphatic rings. The molecule has 0 radical (unpaired) electrons. The van der Waals surface area contributed by atoms with E-state index < -0.39 is 21.6 Å². The summed E-state index contributed by atoms with van der Waals surface area (Å²) in [5.41, 5.74) is 1.22. The molecule has 16 heteroatoms. The van der Waals surface area contributed by atoms with Gasteiger partial charge in [-0.3, -0.25) is 13.9 Å². The largest absolute Gasteiger partial charge is 0.756 e. The van der Waals surface area contributed by atoms with E-state index in [0.717, 1.165) is 0 Å². The Morgan fingerprint density at radius 2 is 1.09 bits per heavy atom. The quantitative estimate of drug-likeness (QED) is 0.0498. The number of quaternary nitrogens is 2. The van der Waals surface area contributed by atoms with Gasteiger partial charge in [-0.25, -0.2) is 4.79 Å². The number of phosphoric acid groups is 2. The van der Waals surface area contributed by atoms with Crippen molar-refractivity contribution >= 4 is 27.4 Å². The Balaban J connectivity index is 0.000000875. The predicted molar refractivity (Wildman–Crippen MR) is 162 cm³/mol. The molecule has 0 spiro atoms. The molecular weight excluding hydrogens is 618 g/mol. The summed E-state index contributed by atoms with van der Waals surface area (Å²) in [6.07, 6.45) is 0. The molecule has 1 aromatic rings. The van der Waals surface area contributed by atoms with Gasteiger partial charge >= 0.3 is 5.97 Å². The first kappa shape index (κ1) is 41.8. The van der Waals surface area contributed by atoms with E-state index in [-0.39, 0.29) is 51.0 Å². The van der Waals surface area contributed by atoms with Gasteiger partial charge in [-0.1, -0.05) is 13.2 Å². The molecule has 0 fully saturated rings. The molecule has 252 valence electrons. The minimum atomic E-state index is -4.34. The van der Waals surface area contributed by atoms with Gasteiger partial charge in [0.2, 0.25) is 0 Å². The summed E-state index contributed by atoms with van der Waals surface area (Å²) in [6, 6.07) is 6.51. The molecule has 0 heterocycles. The van der Waals surface area contributed by atoms with E-state index in [4.69, 9.17) is 13.8 Å². The van der Waals surface area contributed by atoms with Crippen molar-refractivity contribution < 1.29 is 65.0 Å². The van der Waals surface area contributed by atoms with Gasteiger partial charge in [-0.15, -0.1) is 0 Å². The molecule has 14 nitrogen and oxygen atoms in total. The average Bonchev–Trinajstić information content (AvgIpc) is 2.87. The Morgan fingerprint density at radius 1 is 0.682 bits per heavy atom. The topological polar surface area (TPSA) is 170 Å². The van der Waals surface area contributed by atoms with Crippen molar-refractivity contribution in [2.45, 2.75) is 13.8 Å². The highest BCUT2D eigenvalue weighted by molar-refractivity contribution is 7.46. The van der Waals surface area contributed by atoms with Crippen LogP contribution in [-0.4, -0.2) is 116 Å². The zero-order valence-electron chi connectivity index (χ0n) is 27.1. The zero-order chi connectivity index (χ0) is 34.2. The Kier molecular flexibility index (Phi) is 18.4. The van der Waals surface area contributed by atoms with Crippen LogP contribution in [0.25, 0.3) is 0 Å². The van der Waals surface area contributed by atoms with Crippen LogP contribution in [0.1, 0.15) is 24.2 Å². The van der Waals surface area contributed by atoms with Gasteiger partial charge in [0.1, 0.15) is 45.3 Å². The van der Waals surface area contributed by atoms with Crippen LogP contribution in [0.5, 0.6) is 5.75 Å². The summed E-state index contributed by atoms with van der Waals surface area (Å²) in [5, 5.41) is 0. The van der Waals surface area contributed by atoms with Crippen molar-refractivity contribution in [2.75, 3.05) is 95.0 Å². The standard InChI is InChI=1S/C17H26NO6P.C11H22NO6P/c1-14(2)17(19)15-6-8-16(9-7-15)22-12-13-24-25(20,21)23-11-10-18(3,4)5;1-10(2)11(13)16-8-9-18-19(14,15)17-7-6-12(3,4)5/h6-9H,1,10-13H2,2-5H3;1,6-9H2,2-5H3. The number of phosphoric ester groups is 2. The number of Topliss-reactive ketones (excluding diaryl/α,β-unsaturated/α-hetero) is 1. The number of hydrogen-bond donors (Lipinski definition) is 0. The van der Waals surface area contributed by atoms with Gasteiger partial charge in [0.15, 0.2) is 5.78 Å². The van der Waals surface area contributed by atoms with Gasteiger partial charge in [0.05, 0.1) is 55.5 Å². The molecule has 0 aromatic heterocycles. The van der Waals surface area contributed by atoms with Crippen molar-refractivity contribution in [1.82, 2.24) is 0 Å². The van der Waals surface area contributed by atoms with Crippen molar-refractivity contribution in [2.24, 2.45) is 0 Å². The summed E-state index contributed by atoms with van der Waals surface area (Å²) in [4.78, 5) is 45.6. The molecule has 1 aromatic carbocycles. The number of ketones is 1. The molecule has 0 bridgehead atoms. The van der Waals surface area contributed by atoms with Gasteiger partial charge in [-0.2, -0.15) is 0 Å². The maximum atomic E-state index is 11.7. The van der Waals surface area contributed by atoms with Crippen LogP contribution >= 0.6 is 15.6 Å². The molecule has 0 N–H and O–H groups in total. The molecule has 0 aliphatic carbocycles. The number of ether oxygens (including phenoxy) is 2. The maximum Gasteiger partial charge on any atom is 0.333 e. The van der Waals surface area contributed by atoms with Gasteiger partial charge in [-0.05, 0) is 43.7 Å². The van der Waals surface area contributed by atoms with Crippen molar-refractivity contribution in [3.05, 3.63) is 54.1 Å². The fraction of sp³-hybridized carbons (Fsp3) is 0.571. The Bertz CT molecular complexity index is 1170. The highest BCUT2D eigenvalue weighted by atomic mass is 31.2. The van der Waals surface area contributed by atoms with E-state index in [0.29, 0.717) is 38.9 Å². The van der Waals surface area contributed by atoms with Crippen LogP contribution in [0, 0.1) is 0 Å². The highest BCUT2D eigenvalue weighted by Crippen LogP contribution is 2.38. The number of carbonyl (C=O) groups is 2. The Labute approximate surface area is 261 Å². The van der Waals surface area contributed by atoms with Crippen LogP contribution < -0.4 is 14.5 Å². The third-order valence-electron chi connectivity index (χ3n) is 5.04. The summed E-state index contributed by atoms with van der Waals surface area (Å²) in [6.45, 7) is 10.7. The predicted octanol–water partition coefficient (Wildman–Crippen LogP) is 2.35. The van der Waals surface area contributed by atoms with E-state index in [9.17, 15) is 28.5 Å². The second-order valence-corrected chi connectivity index (χ2v) is 14.5. The number of hydrogen-bond acceptors (Lipinski definition) is 12. The SMILES string of the molecule is C=C(C)C(=O)OCCOP(=O)([O-])OCC[N+](C)(C)C.C=C(C)C(=O)c1ccc(OCCOP(=O)([O-])OCC[N+](C)(C)C)cc1. The number of nitrogens with zero attached hydrogens (tertiary/aromatic N) is 2. The second-order valence-electron chi connectivity index (χ2n) is 11.7. The van der Waals surface area contributed by atoms with Crippen molar-refractivity contribution in [1.29, 1.82) is 0 Å².